The summed E-state index contributed by atoms with van der Waals surface area (Å²) in [5.74, 6) is 0. The van der Waals surface area contributed by atoms with Gasteiger partial charge in [0.25, 0.3) is 0 Å². The summed E-state index contributed by atoms with van der Waals surface area (Å²) in [6, 6.07) is 6.43. The first kappa shape index (κ1) is 12.1. The van der Waals surface area contributed by atoms with Gasteiger partial charge in [-0.15, -0.1) is 0 Å². The Balaban J connectivity index is 1.91. The number of nitrogens with zero attached hydrogens (tertiary/aromatic N) is 2. The SMILES string of the molecule is CCNCCNCc1ccc2c(c1)ncn2C. The van der Waals surface area contributed by atoms with Crippen molar-refractivity contribution >= 4 is 11.0 Å². The minimum atomic E-state index is 0.901. The normalized spacial score (nSPS) is 11.2. The Bertz CT molecular complexity index is 475. The summed E-state index contributed by atoms with van der Waals surface area (Å²) in [7, 11) is 2.02. The Labute approximate surface area is 102 Å². The molecule has 4 nitrogen and oxygen atoms in total. The van der Waals surface area contributed by atoms with Crippen LogP contribution in [0, 0.1) is 0 Å². The van der Waals surface area contributed by atoms with Crippen molar-refractivity contribution in [1.29, 1.82) is 0 Å². The van der Waals surface area contributed by atoms with Crippen LogP contribution < -0.4 is 10.6 Å². The lowest BCUT2D eigenvalue weighted by molar-refractivity contribution is 0.625. The zero-order chi connectivity index (χ0) is 12.1. The van der Waals surface area contributed by atoms with Gasteiger partial charge >= 0.3 is 0 Å². The van der Waals surface area contributed by atoms with Gasteiger partial charge in [0.05, 0.1) is 17.4 Å². The summed E-state index contributed by atoms with van der Waals surface area (Å²) in [6.45, 7) is 6.06. The molecule has 2 rings (SSSR count). The van der Waals surface area contributed by atoms with Crippen LogP contribution in [0.15, 0.2) is 24.5 Å². The lowest BCUT2D eigenvalue weighted by atomic mass is 10.2. The molecule has 0 aliphatic rings. The van der Waals surface area contributed by atoms with Crippen LogP contribution in [0.3, 0.4) is 0 Å². The summed E-state index contributed by atoms with van der Waals surface area (Å²) in [5, 5.41) is 6.70. The molecular weight excluding hydrogens is 212 g/mol. The highest BCUT2D eigenvalue weighted by atomic mass is 15.0. The number of nitrogens with one attached hydrogen (secondary N) is 2. The highest BCUT2D eigenvalue weighted by molar-refractivity contribution is 5.75. The van der Waals surface area contributed by atoms with Crippen LogP contribution in [0.25, 0.3) is 11.0 Å². The van der Waals surface area contributed by atoms with Crippen molar-refractivity contribution in [1.82, 2.24) is 20.2 Å². The maximum absolute atomic E-state index is 4.36. The van der Waals surface area contributed by atoms with Crippen LogP contribution in [0.5, 0.6) is 0 Å². The largest absolute Gasteiger partial charge is 0.334 e. The number of benzene rings is 1. The van der Waals surface area contributed by atoms with Crippen LogP contribution in [0.1, 0.15) is 12.5 Å². The van der Waals surface area contributed by atoms with Gasteiger partial charge in [-0.05, 0) is 24.2 Å². The van der Waals surface area contributed by atoms with Crippen molar-refractivity contribution in [2.75, 3.05) is 19.6 Å². The van der Waals surface area contributed by atoms with E-state index in [-0.39, 0.29) is 0 Å². The first-order valence-corrected chi connectivity index (χ1v) is 6.12. The third kappa shape index (κ3) is 3.05. The molecule has 0 saturated carbocycles. The predicted octanol–water partition coefficient (Wildman–Crippen LogP) is 1.27. The number of rotatable bonds is 6. The Kier molecular flexibility index (Phi) is 4.12. The van der Waals surface area contributed by atoms with Crippen molar-refractivity contribution in [2.45, 2.75) is 13.5 Å². The zero-order valence-electron chi connectivity index (χ0n) is 10.5. The van der Waals surface area contributed by atoms with Gasteiger partial charge in [0.15, 0.2) is 0 Å². The number of aryl methyl sites for hydroxylation is 1. The number of imidazole rings is 1. The molecule has 0 radical (unpaired) electrons. The second-order valence-electron chi connectivity index (χ2n) is 4.21. The van der Waals surface area contributed by atoms with E-state index in [0.29, 0.717) is 0 Å². The number of hydrogen-bond donors (Lipinski definition) is 2. The Morgan fingerprint density at radius 3 is 2.88 bits per heavy atom. The number of aromatic nitrogens is 2. The predicted molar refractivity (Wildman–Crippen MR) is 71.0 cm³/mol. The molecule has 17 heavy (non-hydrogen) atoms. The van der Waals surface area contributed by atoms with Crippen LogP contribution in [-0.2, 0) is 13.6 Å². The molecular formula is C13H20N4. The third-order valence-corrected chi connectivity index (χ3v) is 2.85. The van der Waals surface area contributed by atoms with Crippen LogP contribution >= 0.6 is 0 Å². The van der Waals surface area contributed by atoms with E-state index in [1.807, 2.05) is 17.9 Å². The fraction of sp³-hybridized carbons (Fsp3) is 0.462. The third-order valence-electron chi connectivity index (χ3n) is 2.85. The number of likely N-dealkylation sites (N-methyl/N-ethyl adjacent to an activating group) is 1. The molecule has 1 aromatic heterocycles. The summed E-state index contributed by atoms with van der Waals surface area (Å²) in [6.07, 6.45) is 1.85. The van der Waals surface area contributed by atoms with E-state index in [4.69, 9.17) is 0 Å². The second kappa shape index (κ2) is 5.80. The summed E-state index contributed by atoms with van der Waals surface area (Å²) < 4.78 is 2.04. The molecule has 0 bridgehead atoms. The van der Waals surface area contributed by atoms with Crippen molar-refractivity contribution in [2.24, 2.45) is 7.05 Å². The van der Waals surface area contributed by atoms with Gasteiger partial charge in [0, 0.05) is 26.7 Å². The standard InChI is InChI=1S/C13H20N4/c1-3-14-6-7-15-9-11-4-5-13-12(8-11)16-10-17(13)2/h4-5,8,10,14-15H,3,6-7,9H2,1-2H3. The first-order chi connectivity index (χ1) is 8.31. The molecule has 0 unspecified atom stereocenters. The molecule has 0 fully saturated rings. The molecule has 0 aliphatic heterocycles. The van der Waals surface area contributed by atoms with Gasteiger partial charge in [-0.3, -0.25) is 0 Å². The minimum absolute atomic E-state index is 0.901. The first-order valence-electron chi connectivity index (χ1n) is 6.12. The minimum Gasteiger partial charge on any atom is -0.334 e. The second-order valence-corrected chi connectivity index (χ2v) is 4.21. The molecule has 92 valence electrons. The fourth-order valence-electron chi connectivity index (χ4n) is 1.88. The van der Waals surface area contributed by atoms with Crippen molar-refractivity contribution in [3.63, 3.8) is 0 Å². The molecule has 2 aromatic rings. The highest BCUT2D eigenvalue weighted by Gasteiger charge is 2.00. The molecule has 0 saturated heterocycles. The van der Waals surface area contributed by atoms with E-state index in [9.17, 15) is 0 Å². The van der Waals surface area contributed by atoms with Crippen molar-refractivity contribution < 1.29 is 0 Å². The molecule has 0 atom stereocenters. The van der Waals surface area contributed by atoms with Crippen LogP contribution in [-0.4, -0.2) is 29.2 Å². The Morgan fingerprint density at radius 2 is 2.06 bits per heavy atom. The lowest BCUT2D eigenvalue weighted by Gasteiger charge is -2.05. The Morgan fingerprint density at radius 1 is 1.24 bits per heavy atom. The van der Waals surface area contributed by atoms with E-state index < -0.39 is 0 Å². The van der Waals surface area contributed by atoms with Gasteiger partial charge in [-0.25, -0.2) is 4.98 Å². The van der Waals surface area contributed by atoms with E-state index in [1.165, 1.54) is 11.1 Å². The summed E-state index contributed by atoms with van der Waals surface area (Å²) in [4.78, 5) is 4.36. The van der Waals surface area contributed by atoms with Crippen molar-refractivity contribution in [3.05, 3.63) is 30.1 Å². The highest BCUT2D eigenvalue weighted by Crippen LogP contribution is 2.13. The summed E-state index contributed by atoms with van der Waals surface area (Å²) >= 11 is 0. The quantitative estimate of drug-likeness (QED) is 0.737. The average Bonchev–Trinajstić information content (AvgIpc) is 2.71. The zero-order valence-corrected chi connectivity index (χ0v) is 10.5. The van der Waals surface area contributed by atoms with E-state index in [2.05, 4.69) is 40.7 Å². The maximum Gasteiger partial charge on any atom is 0.0955 e. The maximum atomic E-state index is 4.36. The topological polar surface area (TPSA) is 41.9 Å². The molecule has 1 aromatic carbocycles. The number of hydrogen-bond acceptors (Lipinski definition) is 3. The molecule has 4 heteroatoms. The molecule has 0 spiro atoms. The van der Waals surface area contributed by atoms with Gasteiger partial charge < -0.3 is 15.2 Å². The lowest BCUT2D eigenvalue weighted by Crippen LogP contribution is -2.26. The summed E-state index contributed by atoms with van der Waals surface area (Å²) in [5.41, 5.74) is 3.53. The molecule has 1 heterocycles. The molecule has 2 N–H and O–H groups in total. The van der Waals surface area contributed by atoms with Crippen LogP contribution in [0.2, 0.25) is 0 Å². The van der Waals surface area contributed by atoms with Gasteiger partial charge in [-0.2, -0.15) is 0 Å². The van der Waals surface area contributed by atoms with E-state index >= 15 is 0 Å². The molecule has 0 amide bonds. The fourth-order valence-corrected chi connectivity index (χ4v) is 1.88. The molecule has 0 aliphatic carbocycles. The van der Waals surface area contributed by atoms with Gasteiger partial charge in [-0.1, -0.05) is 13.0 Å². The number of fused-ring (bicyclic) bond motifs is 1. The average molecular weight is 232 g/mol. The van der Waals surface area contributed by atoms with Gasteiger partial charge in [0.2, 0.25) is 0 Å². The van der Waals surface area contributed by atoms with Crippen molar-refractivity contribution in [3.8, 4) is 0 Å². The van der Waals surface area contributed by atoms with E-state index in [0.717, 1.165) is 31.7 Å². The van der Waals surface area contributed by atoms with E-state index in [1.54, 1.807) is 0 Å². The Hall–Kier alpha value is -1.39. The smallest absolute Gasteiger partial charge is 0.0955 e. The van der Waals surface area contributed by atoms with Crippen LogP contribution in [0.4, 0.5) is 0 Å². The van der Waals surface area contributed by atoms with Gasteiger partial charge in [0.1, 0.15) is 0 Å². The monoisotopic (exact) mass is 232 g/mol.